The summed E-state index contributed by atoms with van der Waals surface area (Å²) < 4.78 is 0. The number of aryl methyl sites for hydroxylation is 1. The van der Waals surface area contributed by atoms with E-state index in [1.54, 1.807) is 6.20 Å². The molecule has 0 aliphatic carbocycles. The molecule has 2 aromatic rings. The second-order valence-electron chi connectivity index (χ2n) is 3.74. The molecule has 0 saturated heterocycles. The molecule has 0 aliphatic rings. The van der Waals surface area contributed by atoms with E-state index in [0.29, 0.717) is 4.90 Å². The van der Waals surface area contributed by atoms with Crippen LogP contribution in [-0.4, -0.2) is 11.0 Å². The van der Waals surface area contributed by atoms with Crippen LogP contribution in [0.5, 0.6) is 0 Å². The van der Waals surface area contributed by atoms with Crippen LogP contribution in [0.15, 0.2) is 57.9 Å². The number of carbonyl (C=O) groups excluding carboxylic acids is 1. The first-order chi connectivity index (χ1) is 9.20. The van der Waals surface area contributed by atoms with Gasteiger partial charge in [0.05, 0.1) is 5.56 Å². The third-order valence-electron chi connectivity index (χ3n) is 2.34. The Morgan fingerprint density at radius 1 is 1.37 bits per heavy atom. The lowest BCUT2D eigenvalue weighted by Crippen LogP contribution is -2.02. The van der Waals surface area contributed by atoms with Crippen molar-refractivity contribution in [2.24, 2.45) is 5.34 Å². The standard InChI is InChI=1S/C13H10N2O3S/c1-9-3-2-4-10(7-9)19-12-8-14-6-5-11(12)13(16)18-15-17/h2-8H,1H3. The molecule has 2 rings (SSSR count). The Kier molecular flexibility index (Phi) is 4.25. The SMILES string of the molecule is Cc1cccc(Sc2cnccc2C(=O)ON=O)c1. The van der Waals surface area contributed by atoms with Crippen LogP contribution in [-0.2, 0) is 4.84 Å². The fraction of sp³-hybridized carbons (Fsp3) is 0.0769. The van der Waals surface area contributed by atoms with Gasteiger partial charge in [-0.05, 0) is 25.1 Å². The molecular formula is C13H10N2O3S. The number of nitrogens with zero attached hydrogens (tertiary/aromatic N) is 2. The van der Waals surface area contributed by atoms with E-state index in [-0.39, 0.29) is 5.56 Å². The van der Waals surface area contributed by atoms with Crippen molar-refractivity contribution in [2.75, 3.05) is 0 Å². The van der Waals surface area contributed by atoms with E-state index in [1.807, 2.05) is 31.2 Å². The van der Waals surface area contributed by atoms with Gasteiger partial charge >= 0.3 is 5.97 Å². The number of hydrogen-bond donors (Lipinski definition) is 0. The van der Waals surface area contributed by atoms with E-state index in [0.717, 1.165) is 10.5 Å². The number of carbonyl (C=O) groups is 1. The quantitative estimate of drug-likeness (QED) is 0.631. The first kappa shape index (κ1) is 13.2. The zero-order valence-corrected chi connectivity index (χ0v) is 10.9. The van der Waals surface area contributed by atoms with Crippen LogP contribution in [0, 0.1) is 11.8 Å². The minimum absolute atomic E-state index is 0.265. The molecule has 0 amide bonds. The number of rotatable bonds is 4. The molecule has 0 fully saturated rings. The molecule has 1 heterocycles. The Balaban J connectivity index is 2.30. The van der Waals surface area contributed by atoms with Crippen LogP contribution in [0.4, 0.5) is 0 Å². The van der Waals surface area contributed by atoms with Crippen molar-refractivity contribution in [3.8, 4) is 0 Å². The summed E-state index contributed by atoms with van der Waals surface area (Å²) in [5, 5.41) is 2.15. The Morgan fingerprint density at radius 2 is 2.21 bits per heavy atom. The maximum absolute atomic E-state index is 11.6. The molecule has 0 atom stereocenters. The predicted octanol–water partition coefficient (Wildman–Crippen LogP) is 3.38. The summed E-state index contributed by atoms with van der Waals surface area (Å²) in [6, 6.07) is 9.33. The van der Waals surface area contributed by atoms with Crippen molar-refractivity contribution in [3.05, 3.63) is 58.8 Å². The first-order valence-corrected chi connectivity index (χ1v) is 6.25. The first-order valence-electron chi connectivity index (χ1n) is 5.43. The van der Waals surface area contributed by atoms with Gasteiger partial charge in [-0.1, -0.05) is 29.5 Å². The average Bonchev–Trinajstić information content (AvgIpc) is 2.39. The summed E-state index contributed by atoms with van der Waals surface area (Å²) in [6.07, 6.45) is 3.01. The maximum atomic E-state index is 11.6. The van der Waals surface area contributed by atoms with E-state index in [2.05, 4.69) is 15.2 Å². The van der Waals surface area contributed by atoms with E-state index < -0.39 is 5.97 Å². The van der Waals surface area contributed by atoms with Crippen LogP contribution in [0.3, 0.4) is 0 Å². The van der Waals surface area contributed by atoms with Gasteiger partial charge in [-0.25, -0.2) is 4.79 Å². The lowest BCUT2D eigenvalue weighted by molar-refractivity contribution is 0.0504. The van der Waals surface area contributed by atoms with E-state index >= 15 is 0 Å². The average molecular weight is 274 g/mol. The van der Waals surface area contributed by atoms with Gasteiger partial charge in [0.1, 0.15) is 0 Å². The minimum Gasteiger partial charge on any atom is -0.279 e. The number of pyridine rings is 1. The molecule has 0 radical (unpaired) electrons. The van der Waals surface area contributed by atoms with Gasteiger partial charge in [-0.2, -0.15) is 0 Å². The van der Waals surface area contributed by atoms with Gasteiger partial charge < -0.3 is 0 Å². The molecule has 0 aliphatic heterocycles. The van der Waals surface area contributed by atoms with E-state index in [1.165, 1.54) is 24.0 Å². The molecule has 6 heteroatoms. The van der Waals surface area contributed by atoms with Crippen LogP contribution in [0.2, 0.25) is 0 Å². The van der Waals surface area contributed by atoms with Crippen LogP contribution >= 0.6 is 11.8 Å². The number of hydrogen-bond acceptors (Lipinski definition) is 6. The molecular weight excluding hydrogens is 264 g/mol. The van der Waals surface area contributed by atoms with Crippen LogP contribution in [0.25, 0.3) is 0 Å². The Bertz CT molecular complexity index is 616. The third-order valence-corrected chi connectivity index (χ3v) is 3.38. The van der Waals surface area contributed by atoms with E-state index in [9.17, 15) is 9.70 Å². The number of benzene rings is 1. The molecule has 0 saturated carbocycles. The second kappa shape index (κ2) is 6.10. The lowest BCUT2D eigenvalue weighted by Gasteiger charge is -2.06. The van der Waals surface area contributed by atoms with Gasteiger partial charge in [0.2, 0.25) is 0 Å². The molecule has 96 valence electrons. The van der Waals surface area contributed by atoms with Gasteiger partial charge in [0.15, 0.2) is 5.34 Å². The fourth-order valence-corrected chi connectivity index (χ4v) is 2.54. The highest BCUT2D eigenvalue weighted by atomic mass is 32.2. The Labute approximate surface area is 113 Å². The lowest BCUT2D eigenvalue weighted by atomic mass is 10.2. The third kappa shape index (κ3) is 3.38. The summed E-state index contributed by atoms with van der Waals surface area (Å²) in [5.74, 6) is -0.785. The van der Waals surface area contributed by atoms with Crippen molar-refractivity contribution in [3.63, 3.8) is 0 Å². The van der Waals surface area contributed by atoms with Crippen molar-refractivity contribution >= 4 is 17.7 Å². The van der Waals surface area contributed by atoms with Gasteiger partial charge in [0.25, 0.3) is 0 Å². The van der Waals surface area contributed by atoms with Gasteiger partial charge in [-0.15, -0.1) is 4.91 Å². The maximum Gasteiger partial charge on any atom is 0.370 e. The highest BCUT2D eigenvalue weighted by Gasteiger charge is 2.14. The highest BCUT2D eigenvalue weighted by molar-refractivity contribution is 7.99. The largest absolute Gasteiger partial charge is 0.370 e. The topological polar surface area (TPSA) is 68.6 Å². The molecule has 5 nitrogen and oxygen atoms in total. The molecule has 0 unspecified atom stereocenters. The highest BCUT2D eigenvalue weighted by Crippen LogP contribution is 2.30. The normalized spacial score (nSPS) is 9.95. The van der Waals surface area contributed by atoms with Crippen molar-refractivity contribution in [1.29, 1.82) is 0 Å². The van der Waals surface area contributed by atoms with Crippen molar-refractivity contribution in [1.82, 2.24) is 4.98 Å². The summed E-state index contributed by atoms with van der Waals surface area (Å²) in [5.41, 5.74) is 1.38. The Hall–Kier alpha value is -2.21. The smallest absolute Gasteiger partial charge is 0.279 e. The summed E-state index contributed by atoms with van der Waals surface area (Å²) in [6.45, 7) is 1.98. The van der Waals surface area contributed by atoms with Crippen LogP contribution < -0.4 is 0 Å². The fourth-order valence-electron chi connectivity index (χ4n) is 1.52. The zero-order chi connectivity index (χ0) is 13.7. The molecule has 1 aromatic carbocycles. The molecule has 0 spiro atoms. The van der Waals surface area contributed by atoms with Crippen LogP contribution in [0.1, 0.15) is 15.9 Å². The molecule has 0 N–H and O–H groups in total. The zero-order valence-electron chi connectivity index (χ0n) is 10.1. The number of aromatic nitrogens is 1. The monoisotopic (exact) mass is 274 g/mol. The van der Waals surface area contributed by atoms with Gasteiger partial charge in [-0.3, -0.25) is 9.82 Å². The minimum atomic E-state index is -0.785. The summed E-state index contributed by atoms with van der Waals surface area (Å²) in [4.78, 5) is 31.2. The van der Waals surface area contributed by atoms with Crippen molar-refractivity contribution in [2.45, 2.75) is 16.7 Å². The van der Waals surface area contributed by atoms with Gasteiger partial charge in [0, 0.05) is 22.2 Å². The summed E-state index contributed by atoms with van der Waals surface area (Å²) in [7, 11) is 0. The predicted molar refractivity (Wildman–Crippen MR) is 70.7 cm³/mol. The molecule has 1 aromatic heterocycles. The summed E-state index contributed by atoms with van der Waals surface area (Å²) >= 11 is 1.38. The van der Waals surface area contributed by atoms with E-state index in [4.69, 9.17) is 0 Å². The van der Waals surface area contributed by atoms with Crippen molar-refractivity contribution < 1.29 is 9.63 Å². The second-order valence-corrected chi connectivity index (χ2v) is 4.86. The Morgan fingerprint density at radius 3 is 2.95 bits per heavy atom. The molecule has 19 heavy (non-hydrogen) atoms. The molecule has 0 bridgehead atoms.